The van der Waals surface area contributed by atoms with Crippen molar-refractivity contribution in [2.75, 3.05) is 12.3 Å². The fourth-order valence-corrected chi connectivity index (χ4v) is 5.03. The number of thioether (sulfide) groups is 1. The molecule has 26 heavy (non-hydrogen) atoms. The number of rotatable bonds is 4. The highest BCUT2D eigenvalue weighted by Crippen LogP contribution is 2.38. The first-order chi connectivity index (χ1) is 12.7. The van der Waals surface area contributed by atoms with Crippen LogP contribution < -0.4 is 0 Å². The highest BCUT2D eigenvalue weighted by Gasteiger charge is 2.32. The predicted octanol–water partition coefficient (Wildman–Crippen LogP) is 5.15. The van der Waals surface area contributed by atoms with Crippen molar-refractivity contribution in [3.05, 3.63) is 87.9 Å². The van der Waals surface area contributed by atoms with Gasteiger partial charge in [0.2, 0.25) is 5.91 Å². The molecule has 0 saturated carbocycles. The zero-order chi connectivity index (χ0) is 17.9. The topological polar surface area (TPSA) is 20.3 Å². The Morgan fingerprint density at radius 1 is 1.12 bits per heavy atom. The predicted molar refractivity (Wildman–Crippen MR) is 105 cm³/mol. The molecule has 132 valence electrons. The minimum Gasteiger partial charge on any atom is -0.330 e. The molecule has 2 heterocycles. The Balaban J connectivity index is 1.56. The summed E-state index contributed by atoms with van der Waals surface area (Å²) in [5.41, 5.74) is 2.39. The molecule has 1 aliphatic rings. The molecule has 0 aliphatic carbocycles. The third-order valence-corrected chi connectivity index (χ3v) is 6.57. The Bertz CT molecular complexity index is 892. The number of fused-ring (bicyclic) bond motifs is 1. The first-order valence-electron chi connectivity index (χ1n) is 8.51. The van der Waals surface area contributed by atoms with Crippen LogP contribution in [-0.2, 0) is 11.2 Å². The number of amides is 1. The number of carbonyl (C=O) groups excluding carboxylic acids is 1. The number of carbonyl (C=O) groups is 1. The van der Waals surface area contributed by atoms with Crippen molar-refractivity contribution < 1.29 is 9.18 Å². The molecule has 0 bridgehead atoms. The van der Waals surface area contributed by atoms with Gasteiger partial charge < -0.3 is 4.90 Å². The van der Waals surface area contributed by atoms with Crippen molar-refractivity contribution in [3.63, 3.8) is 0 Å². The Labute approximate surface area is 160 Å². The van der Waals surface area contributed by atoms with E-state index in [1.807, 2.05) is 23.1 Å². The second-order valence-electron chi connectivity index (χ2n) is 6.19. The fraction of sp³-hybridized carbons (Fsp3) is 0.190. The molecule has 0 N–H and O–H groups in total. The van der Waals surface area contributed by atoms with Crippen molar-refractivity contribution in [1.82, 2.24) is 4.90 Å². The van der Waals surface area contributed by atoms with E-state index in [0.717, 1.165) is 23.4 Å². The molecule has 0 radical (unpaired) electrons. The average Bonchev–Trinajstić information content (AvgIpc) is 3.16. The van der Waals surface area contributed by atoms with Crippen LogP contribution in [0.4, 0.5) is 4.39 Å². The summed E-state index contributed by atoms with van der Waals surface area (Å²) in [6.07, 6.45) is 0.906. The van der Waals surface area contributed by atoms with E-state index in [2.05, 4.69) is 23.6 Å². The molecule has 3 aromatic rings. The number of nitrogens with zero attached hydrogens (tertiary/aromatic N) is 1. The highest BCUT2D eigenvalue weighted by molar-refractivity contribution is 8.00. The van der Waals surface area contributed by atoms with Crippen LogP contribution in [0.2, 0.25) is 0 Å². The summed E-state index contributed by atoms with van der Waals surface area (Å²) < 4.78 is 13.0. The first kappa shape index (κ1) is 17.3. The highest BCUT2D eigenvalue weighted by atomic mass is 32.2. The summed E-state index contributed by atoms with van der Waals surface area (Å²) in [7, 11) is 0. The quantitative estimate of drug-likeness (QED) is 0.581. The SMILES string of the molecule is O=C(CSc1ccc(F)cc1)N1CCc2sccc2C1c1ccccc1. The van der Waals surface area contributed by atoms with Gasteiger partial charge in [-0.2, -0.15) is 0 Å². The number of benzene rings is 2. The van der Waals surface area contributed by atoms with Crippen LogP contribution >= 0.6 is 23.1 Å². The van der Waals surface area contributed by atoms with Gasteiger partial charge in [0.05, 0.1) is 11.8 Å². The van der Waals surface area contributed by atoms with Crippen LogP contribution in [0.1, 0.15) is 22.0 Å². The van der Waals surface area contributed by atoms with E-state index < -0.39 is 0 Å². The monoisotopic (exact) mass is 383 g/mol. The Hall–Kier alpha value is -2.11. The van der Waals surface area contributed by atoms with Gasteiger partial charge in [-0.25, -0.2) is 4.39 Å². The zero-order valence-electron chi connectivity index (χ0n) is 14.1. The van der Waals surface area contributed by atoms with Crippen LogP contribution in [0.5, 0.6) is 0 Å². The minimum absolute atomic E-state index is 0.0208. The minimum atomic E-state index is -0.258. The second-order valence-corrected chi connectivity index (χ2v) is 8.24. The van der Waals surface area contributed by atoms with Crippen LogP contribution in [-0.4, -0.2) is 23.1 Å². The lowest BCUT2D eigenvalue weighted by Gasteiger charge is -2.36. The van der Waals surface area contributed by atoms with Crippen LogP contribution in [0.3, 0.4) is 0 Å². The van der Waals surface area contributed by atoms with Gasteiger partial charge in [-0.15, -0.1) is 23.1 Å². The Morgan fingerprint density at radius 3 is 2.65 bits per heavy atom. The molecule has 4 rings (SSSR count). The lowest BCUT2D eigenvalue weighted by Crippen LogP contribution is -2.41. The van der Waals surface area contributed by atoms with Crippen molar-refractivity contribution >= 4 is 29.0 Å². The maximum atomic E-state index is 13.0. The third kappa shape index (κ3) is 3.55. The van der Waals surface area contributed by atoms with Gasteiger partial charge in [-0.3, -0.25) is 4.79 Å². The summed E-state index contributed by atoms with van der Waals surface area (Å²) >= 11 is 3.23. The smallest absolute Gasteiger partial charge is 0.233 e. The summed E-state index contributed by atoms with van der Waals surface area (Å²) in [4.78, 5) is 17.3. The first-order valence-corrected chi connectivity index (χ1v) is 10.4. The van der Waals surface area contributed by atoms with Gasteiger partial charge >= 0.3 is 0 Å². The van der Waals surface area contributed by atoms with Gasteiger partial charge in [0.25, 0.3) is 0 Å². The van der Waals surface area contributed by atoms with Crippen molar-refractivity contribution in [2.24, 2.45) is 0 Å². The van der Waals surface area contributed by atoms with E-state index in [9.17, 15) is 9.18 Å². The van der Waals surface area contributed by atoms with Crippen LogP contribution in [0.25, 0.3) is 0 Å². The molecule has 1 unspecified atom stereocenters. The standard InChI is InChI=1S/C21H18FNOS2/c22-16-6-8-17(9-7-16)26-14-20(24)23-12-10-19-18(11-13-25-19)21(23)15-4-2-1-3-5-15/h1-9,11,13,21H,10,12,14H2. The normalized spacial score (nSPS) is 16.3. The van der Waals surface area contributed by atoms with Gasteiger partial charge in [-0.1, -0.05) is 30.3 Å². The summed E-state index contributed by atoms with van der Waals surface area (Å²) in [6, 6.07) is 18.6. The van der Waals surface area contributed by atoms with Gasteiger partial charge in [-0.05, 0) is 53.3 Å². The molecule has 0 saturated heterocycles. The second kappa shape index (κ2) is 7.64. The Kier molecular flexibility index (Phi) is 5.09. The molecule has 0 spiro atoms. The van der Waals surface area contributed by atoms with Gasteiger partial charge in [0.15, 0.2) is 0 Å². The van der Waals surface area contributed by atoms with E-state index >= 15 is 0 Å². The molecule has 0 fully saturated rings. The van der Waals surface area contributed by atoms with Gasteiger partial charge in [0.1, 0.15) is 5.82 Å². The van der Waals surface area contributed by atoms with E-state index in [0.29, 0.717) is 5.75 Å². The lowest BCUT2D eigenvalue weighted by atomic mass is 9.93. The average molecular weight is 384 g/mol. The number of hydrogen-bond donors (Lipinski definition) is 0. The maximum absolute atomic E-state index is 13.0. The molecule has 1 aromatic heterocycles. The molecule has 2 nitrogen and oxygen atoms in total. The largest absolute Gasteiger partial charge is 0.330 e. The number of hydrogen-bond acceptors (Lipinski definition) is 3. The maximum Gasteiger partial charge on any atom is 0.233 e. The molecule has 1 aliphatic heterocycles. The lowest BCUT2D eigenvalue weighted by molar-refractivity contribution is -0.130. The molecule has 1 atom stereocenters. The molecule has 1 amide bonds. The van der Waals surface area contributed by atoms with E-state index in [-0.39, 0.29) is 17.8 Å². The van der Waals surface area contributed by atoms with E-state index in [1.54, 1.807) is 23.5 Å². The summed E-state index contributed by atoms with van der Waals surface area (Å²) in [6.45, 7) is 0.732. The van der Waals surface area contributed by atoms with Crippen LogP contribution in [0, 0.1) is 5.82 Å². The molecular weight excluding hydrogens is 365 g/mol. The number of thiophene rings is 1. The van der Waals surface area contributed by atoms with Crippen molar-refractivity contribution in [3.8, 4) is 0 Å². The summed E-state index contributed by atoms with van der Waals surface area (Å²) in [5.74, 6) is 0.213. The molecular formula is C21H18FNOS2. The van der Waals surface area contributed by atoms with E-state index in [1.165, 1.54) is 34.3 Å². The summed E-state index contributed by atoms with van der Waals surface area (Å²) in [5, 5.41) is 2.11. The zero-order valence-corrected chi connectivity index (χ0v) is 15.7. The van der Waals surface area contributed by atoms with Gasteiger partial charge in [0, 0.05) is 16.3 Å². The van der Waals surface area contributed by atoms with Crippen molar-refractivity contribution in [2.45, 2.75) is 17.4 Å². The number of halogens is 1. The fourth-order valence-electron chi connectivity index (χ4n) is 3.34. The van der Waals surface area contributed by atoms with Crippen LogP contribution in [0.15, 0.2) is 70.9 Å². The van der Waals surface area contributed by atoms with Crippen molar-refractivity contribution in [1.29, 1.82) is 0 Å². The molecule has 2 aromatic carbocycles. The molecule has 5 heteroatoms. The third-order valence-electron chi connectivity index (χ3n) is 4.58. The Morgan fingerprint density at radius 2 is 1.88 bits per heavy atom. The van der Waals surface area contributed by atoms with E-state index in [4.69, 9.17) is 0 Å².